The minimum absolute atomic E-state index is 0.579. The Hall–Kier alpha value is -3.05. The van der Waals surface area contributed by atoms with E-state index in [-0.39, 0.29) is 0 Å². The zero-order valence-electron chi connectivity index (χ0n) is 23.9. The lowest BCUT2D eigenvalue weighted by molar-refractivity contribution is 0.206. The van der Waals surface area contributed by atoms with E-state index in [2.05, 4.69) is 72.2 Å². The molecule has 0 amide bonds. The maximum absolute atomic E-state index is 5.90. The molecule has 5 heteroatoms. The van der Waals surface area contributed by atoms with Gasteiger partial charge in [0.05, 0.1) is 0 Å². The molecular weight excluding hydrogens is 476 g/mol. The molecule has 0 atom stereocenters. The van der Waals surface area contributed by atoms with Crippen molar-refractivity contribution in [3.63, 3.8) is 0 Å². The fourth-order valence-corrected chi connectivity index (χ4v) is 4.78. The highest BCUT2D eigenvalue weighted by atomic mass is 32.2. The molecule has 200 valence electrons. The summed E-state index contributed by atoms with van der Waals surface area (Å²) in [5.74, 6) is 1.98. The molecule has 2 heterocycles. The highest BCUT2D eigenvalue weighted by molar-refractivity contribution is 7.99. The highest BCUT2D eigenvalue weighted by Gasteiger charge is 2.17. The Morgan fingerprint density at radius 2 is 0.973 bits per heavy atom. The number of rotatable bonds is 6. The van der Waals surface area contributed by atoms with Crippen LogP contribution in [-0.4, -0.2) is 26.6 Å². The molecule has 0 N–H and O–H groups in total. The number of hydrogen-bond acceptors (Lipinski definition) is 5. The predicted molar refractivity (Wildman–Crippen MR) is 161 cm³/mol. The Morgan fingerprint density at radius 1 is 0.622 bits per heavy atom. The van der Waals surface area contributed by atoms with E-state index in [9.17, 15) is 0 Å². The van der Waals surface area contributed by atoms with Crippen LogP contribution in [0.2, 0.25) is 0 Å². The van der Waals surface area contributed by atoms with Crippen LogP contribution in [-0.2, 0) is 9.47 Å². The number of benzene rings is 2. The Morgan fingerprint density at radius 3 is 1.27 bits per heavy atom. The van der Waals surface area contributed by atoms with E-state index in [1.807, 2.05) is 65.8 Å². The van der Waals surface area contributed by atoms with Gasteiger partial charge < -0.3 is 19.3 Å². The average molecular weight is 521 g/mol. The maximum Gasteiger partial charge on any atom is 0.161 e. The lowest BCUT2D eigenvalue weighted by atomic mass is 10.2. The van der Waals surface area contributed by atoms with E-state index < -0.39 is 0 Å². The molecule has 0 aromatic heterocycles. The van der Waals surface area contributed by atoms with Crippen LogP contribution in [0, 0.1) is 0 Å². The standard InChI is InChI=1S/C28H32N2O2S.2C2H6/c1-5-7-27-21(3)17-29(19-31-27)23-9-13-25(14-10-23)33-26-15-11-24(12-16-26)30-18-22(4)28(8-6-2)32-20-30;2*1-2/h5-16H,17-20H2,1-4H3;2*1-2H3/b7-5-,8-6-;;. The van der Waals surface area contributed by atoms with Crippen LogP contribution in [0.15, 0.2) is 105 Å². The highest BCUT2D eigenvalue weighted by Crippen LogP contribution is 2.32. The van der Waals surface area contributed by atoms with Gasteiger partial charge in [-0.15, -0.1) is 0 Å². The van der Waals surface area contributed by atoms with Gasteiger partial charge in [-0.2, -0.15) is 0 Å². The summed E-state index contributed by atoms with van der Waals surface area (Å²) < 4.78 is 11.8. The van der Waals surface area contributed by atoms with Gasteiger partial charge in [0.2, 0.25) is 0 Å². The molecule has 0 spiro atoms. The molecule has 2 aromatic carbocycles. The summed E-state index contributed by atoms with van der Waals surface area (Å²) in [7, 11) is 0. The molecule has 2 aliphatic heterocycles. The van der Waals surface area contributed by atoms with Crippen molar-refractivity contribution < 1.29 is 9.47 Å². The first-order valence-corrected chi connectivity index (χ1v) is 14.2. The lowest BCUT2D eigenvalue weighted by Crippen LogP contribution is -2.32. The molecule has 0 fully saturated rings. The molecule has 4 rings (SSSR count). The van der Waals surface area contributed by atoms with Crippen molar-refractivity contribution in [1.29, 1.82) is 0 Å². The van der Waals surface area contributed by atoms with Crippen LogP contribution in [0.25, 0.3) is 0 Å². The summed E-state index contributed by atoms with van der Waals surface area (Å²) >= 11 is 1.78. The Bertz CT molecular complexity index is 995. The molecule has 2 aromatic rings. The molecule has 0 saturated heterocycles. The van der Waals surface area contributed by atoms with Gasteiger partial charge in [-0.25, -0.2) is 0 Å². The zero-order valence-corrected chi connectivity index (χ0v) is 24.7. The van der Waals surface area contributed by atoms with E-state index >= 15 is 0 Å². The number of ether oxygens (including phenoxy) is 2. The van der Waals surface area contributed by atoms with Crippen molar-refractivity contribution in [1.82, 2.24) is 0 Å². The largest absolute Gasteiger partial charge is 0.473 e. The number of hydrogen-bond donors (Lipinski definition) is 0. The van der Waals surface area contributed by atoms with Crippen molar-refractivity contribution in [2.24, 2.45) is 0 Å². The molecule has 0 bridgehead atoms. The molecule has 0 aliphatic carbocycles. The van der Waals surface area contributed by atoms with Gasteiger partial charge >= 0.3 is 0 Å². The van der Waals surface area contributed by atoms with Gasteiger partial charge in [0.25, 0.3) is 0 Å². The van der Waals surface area contributed by atoms with Crippen molar-refractivity contribution >= 4 is 23.1 Å². The van der Waals surface area contributed by atoms with Gasteiger partial charge in [0, 0.05) is 34.3 Å². The summed E-state index contributed by atoms with van der Waals surface area (Å²) in [4.78, 5) is 6.96. The summed E-state index contributed by atoms with van der Waals surface area (Å²) in [6.45, 7) is 19.2. The van der Waals surface area contributed by atoms with Crippen molar-refractivity contribution in [2.75, 3.05) is 36.4 Å². The molecular formula is C32H44N2O2S. The number of nitrogens with zero attached hydrogens (tertiary/aromatic N) is 2. The molecule has 2 aliphatic rings. The van der Waals surface area contributed by atoms with Gasteiger partial charge in [-0.05, 0) is 99.5 Å². The van der Waals surface area contributed by atoms with Crippen LogP contribution in [0.3, 0.4) is 0 Å². The third kappa shape index (κ3) is 8.50. The SMILES string of the molecule is C/C=C\C1=C(C)CN(c2ccc(Sc3ccc(N4COC(/C=C\C)=C(C)C4)cc3)cc2)CO1.CC.CC. The summed E-state index contributed by atoms with van der Waals surface area (Å²) in [5.41, 5.74) is 4.86. The van der Waals surface area contributed by atoms with Crippen LogP contribution < -0.4 is 9.80 Å². The fourth-order valence-electron chi connectivity index (χ4n) is 3.96. The number of anilines is 2. The van der Waals surface area contributed by atoms with Crippen molar-refractivity contribution in [3.8, 4) is 0 Å². The Labute approximate surface area is 229 Å². The van der Waals surface area contributed by atoms with Gasteiger partial charge in [-0.1, -0.05) is 51.6 Å². The summed E-state index contributed by atoms with van der Waals surface area (Å²) in [6.07, 6.45) is 8.11. The van der Waals surface area contributed by atoms with E-state index in [4.69, 9.17) is 9.47 Å². The van der Waals surface area contributed by atoms with Gasteiger partial charge in [-0.3, -0.25) is 0 Å². The molecule has 0 unspecified atom stereocenters. The third-order valence-electron chi connectivity index (χ3n) is 5.72. The topological polar surface area (TPSA) is 24.9 Å². The molecule has 0 saturated carbocycles. The van der Waals surface area contributed by atoms with E-state index in [1.54, 1.807) is 11.8 Å². The lowest BCUT2D eigenvalue weighted by Gasteiger charge is -2.31. The quantitative estimate of drug-likeness (QED) is 0.378. The fraction of sp³-hybridized carbons (Fsp3) is 0.375. The Balaban J connectivity index is 0.00000115. The minimum atomic E-state index is 0.579. The molecule has 0 radical (unpaired) electrons. The average Bonchev–Trinajstić information content (AvgIpc) is 2.94. The van der Waals surface area contributed by atoms with Crippen molar-refractivity contribution in [2.45, 2.75) is 65.2 Å². The Kier molecular flexibility index (Phi) is 13.0. The smallest absolute Gasteiger partial charge is 0.161 e. The predicted octanol–water partition coefficient (Wildman–Crippen LogP) is 9.18. The second-order valence-corrected chi connectivity index (χ2v) is 9.47. The van der Waals surface area contributed by atoms with Gasteiger partial charge in [0.1, 0.15) is 11.5 Å². The van der Waals surface area contributed by atoms with Crippen LogP contribution in [0.5, 0.6) is 0 Å². The molecule has 4 nitrogen and oxygen atoms in total. The summed E-state index contributed by atoms with van der Waals surface area (Å²) in [6, 6.07) is 17.4. The monoisotopic (exact) mass is 520 g/mol. The normalized spacial score (nSPS) is 15.7. The first-order valence-electron chi connectivity index (χ1n) is 13.4. The van der Waals surface area contributed by atoms with E-state index in [1.165, 1.54) is 32.3 Å². The zero-order chi connectivity index (χ0) is 27.2. The first-order chi connectivity index (χ1) is 18.1. The van der Waals surface area contributed by atoms with Crippen LogP contribution >= 0.6 is 11.8 Å². The molecule has 37 heavy (non-hydrogen) atoms. The van der Waals surface area contributed by atoms with Crippen LogP contribution in [0.4, 0.5) is 11.4 Å². The first kappa shape index (κ1) is 30.2. The van der Waals surface area contributed by atoms with E-state index in [0.717, 1.165) is 24.6 Å². The second-order valence-electron chi connectivity index (χ2n) is 8.32. The second kappa shape index (κ2) is 15.9. The van der Waals surface area contributed by atoms with E-state index in [0.29, 0.717) is 13.5 Å². The summed E-state index contributed by atoms with van der Waals surface area (Å²) in [5, 5.41) is 0. The van der Waals surface area contributed by atoms with Crippen molar-refractivity contribution in [3.05, 3.63) is 95.5 Å². The van der Waals surface area contributed by atoms with Crippen LogP contribution in [0.1, 0.15) is 55.4 Å². The maximum atomic E-state index is 5.90. The minimum Gasteiger partial charge on any atom is -0.473 e. The third-order valence-corrected chi connectivity index (χ3v) is 6.74. The number of allylic oxidation sites excluding steroid dienone is 4. The van der Waals surface area contributed by atoms with Gasteiger partial charge in [0.15, 0.2) is 13.5 Å².